The number of nitrogens with two attached hydrogens (primary N) is 1. The highest BCUT2D eigenvalue weighted by Gasteiger charge is 2.11. The molecular weight excluding hydrogens is 288 g/mol. The van der Waals surface area contributed by atoms with Crippen LogP contribution in [0.5, 0.6) is 0 Å². The van der Waals surface area contributed by atoms with E-state index in [1.54, 1.807) is 6.07 Å². The number of aromatic nitrogens is 2. The molecular formula is C14H12N4O2S. The normalized spacial score (nSPS) is 10.9. The molecule has 21 heavy (non-hydrogen) atoms. The molecule has 0 aliphatic carbocycles. The van der Waals surface area contributed by atoms with E-state index in [2.05, 4.69) is 9.97 Å². The SMILES string of the molecule is Cc1ccc2nc(Sc3cc(N)cc([N+](=O)[O-])c3)[nH]c2c1. The van der Waals surface area contributed by atoms with Crippen LogP contribution in [-0.4, -0.2) is 14.9 Å². The number of nitrogens with one attached hydrogen (secondary N) is 1. The number of aryl methyl sites for hydroxylation is 1. The summed E-state index contributed by atoms with van der Waals surface area (Å²) in [5.74, 6) is 0. The molecule has 0 saturated carbocycles. The van der Waals surface area contributed by atoms with Crippen molar-refractivity contribution < 1.29 is 4.92 Å². The number of non-ortho nitro benzene ring substituents is 1. The van der Waals surface area contributed by atoms with Gasteiger partial charge in [-0.1, -0.05) is 17.8 Å². The fraction of sp³-hybridized carbons (Fsp3) is 0.0714. The summed E-state index contributed by atoms with van der Waals surface area (Å²) < 4.78 is 0. The van der Waals surface area contributed by atoms with Gasteiger partial charge in [0, 0.05) is 22.7 Å². The van der Waals surface area contributed by atoms with Crippen molar-refractivity contribution in [1.82, 2.24) is 9.97 Å². The molecule has 2 aromatic carbocycles. The Hall–Kier alpha value is -2.54. The summed E-state index contributed by atoms with van der Waals surface area (Å²) in [6.45, 7) is 2.01. The standard InChI is InChI=1S/C14H12N4O2S/c1-8-2-3-12-13(4-8)17-14(16-12)21-11-6-9(15)5-10(7-11)18(19)20/h2-7H,15H2,1H3,(H,16,17). The zero-order valence-corrected chi connectivity index (χ0v) is 12.0. The molecule has 0 amide bonds. The molecule has 7 heteroatoms. The number of hydrogen-bond acceptors (Lipinski definition) is 5. The van der Waals surface area contributed by atoms with Crippen LogP contribution >= 0.6 is 11.8 Å². The van der Waals surface area contributed by atoms with Crippen LogP contribution in [0, 0.1) is 17.0 Å². The summed E-state index contributed by atoms with van der Waals surface area (Å²) in [5.41, 5.74) is 8.98. The van der Waals surface area contributed by atoms with E-state index in [0.29, 0.717) is 15.7 Å². The number of imidazole rings is 1. The van der Waals surface area contributed by atoms with Crippen molar-refractivity contribution in [3.05, 3.63) is 52.1 Å². The first-order valence-electron chi connectivity index (χ1n) is 6.20. The number of nitrogen functional groups attached to an aromatic ring is 1. The van der Waals surface area contributed by atoms with E-state index < -0.39 is 4.92 Å². The van der Waals surface area contributed by atoms with Crippen molar-refractivity contribution in [3.63, 3.8) is 0 Å². The molecule has 3 aromatic rings. The lowest BCUT2D eigenvalue weighted by atomic mass is 10.2. The number of nitro benzene ring substituents is 1. The summed E-state index contributed by atoms with van der Waals surface area (Å²) in [7, 11) is 0. The summed E-state index contributed by atoms with van der Waals surface area (Å²) in [6, 6.07) is 10.5. The van der Waals surface area contributed by atoms with E-state index in [4.69, 9.17) is 5.73 Å². The maximum absolute atomic E-state index is 10.9. The second-order valence-corrected chi connectivity index (χ2v) is 5.74. The molecule has 0 bridgehead atoms. The molecule has 0 spiro atoms. The van der Waals surface area contributed by atoms with Crippen LogP contribution in [0.3, 0.4) is 0 Å². The molecule has 0 atom stereocenters. The number of nitro groups is 1. The first kappa shape index (κ1) is 13.4. The summed E-state index contributed by atoms with van der Waals surface area (Å²) in [6.07, 6.45) is 0. The van der Waals surface area contributed by atoms with Gasteiger partial charge in [-0.2, -0.15) is 0 Å². The van der Waals surface area contributed by atoms with Crippen molar-refractivity contribution in [2.24, 2.45) is 0 Å². The van der Waals surface area contributed by atoms with Crippen molar-refractivity contribution >= 4 is 34.2 Å². The van der Waals surface area contributed by atoms with Gasteiger partial charge < -0.3 is 10.7 Å². The Morgan fingerprint density at radius 3 is 2.86 bits per heavy atom. The first-order chi connectivity index (χ1) is 10.0. The first-order valence-corrected chi connectivity index (χ1v) is 7.02. The zero-order valence-electron chi connectivity index (χ0n) is 11.2. The van der Waals surface area contributed by atoms with Crippen molar-refractivity contribution in [2.75, 3.05) is 5.73 Å². The summed E-state index contributed by atoms with van der Waals surface area (Å²) in [4.78, 5) is 18.7. The molecule has 1 aromatic heterocycles. The van der Waals surface area contributed by atoms with Crippen molar-refractivity contribution in [2.45, 2.75) is 17.0 Å². The average molecular weight is 300 g/mol. The number of fused-ring (bicyclic) bond motifs is 1. The monoisotopic (exact) mass is 300 g/mol. The molecule has 0 aliphatic heterocycles. The molecule has 0 aliphatic rings. The molecule has 3 rings (SSSR count). The van der Waals surface area contributed by atoms with E-state index in [1.807, 2.05) is 25.1 Å². The molecule has 0 radical (unpaired) electrons. The van der Waals surface area contributed by atoms with Crippen LogP contribution in [0.4, 0.5) is 11.4 Å². The highest BCUT2D eigenvalue weighted by molar-refractivity contribution is 7.99. The topological polar surface area (TPSA) is 97.8 Å². The Kier molecular flexibility index (Phi) is 3.26. The number of benzene rings is 2. The predicted molar refractivity (Wildman–Crippen MR) is 82.5 cm³/mol. The number of hydrogen-bond donors (Lipinski definition) is 2. The van der Waals surface area contributed by atoms with Gasteiger partial charge in [-0.05, 0) is 30.7 Å². The van der Waals surface area contributed by atoms with Crippen LogP contribution in [0.15, 0.2) is 46.5 Å². The molecule has 6 nitrogen and oxygen atoms in total. The Balaban J connectivity index is 1.96. The van der Waals surface area contributed by atoms with Crippen molar-refractivity contribution in [1.29, 1.82) is 0 Å². The number of rotatable bonds is 3. The van der Waals surface area contributed by atoms with Gasteiger partial charge in [-0.25, -0.2) is 4.98 Å². The van der Waals surface area contributed by atoms with Gasteiger partial charge in [-0.3, -0.25) is 10.1 Å². The van der Waals surface area contributed by atoms with Crippen LogP contribution in [0.2, 0.25) is 0 Å². The molecule has 0 saturated heterocycles. The minimum Gasteiger partial charge on any atom is -0.398 e. The van der Waals surface area contributed by atoms with Gasteiger partial charge in [0.15, 0.2) is 5.16 Å². The summed E-state index contributed by atoms with van der Waals surface area (Å²) in [5, 5.41) is 11.5. The van der Waals surface area contributed by atoms with E-state index in [9.17, 15) is 10.1 Å². The molecule has 106 valence electrons. The van der Waals surface area contributed by atoms with Gasteiger partial charge in [0.1, 0.15) is 0 Å². The second kappa shape index (κ2) is 5.10. The fourth-order valence-corrected chi connectivity index (χ4v) is 2.93. The Labute approximate surface area is 124 Å². The number of anilines is 1. The van der Waals surface area contributed by atoms with E-state index >= 15 is 0 Å². The van der Waals surface area contributed by atoms with Crippen LogP contribution in [0.1, 0.15) is 5.56 Å². The second-order valence-electron chi connectivity index (χ2n) is 4.68. The van der Waals surface area contributed by atoms with Crippen molar-refractivity contribution in [3.8, 4) is 0 Å². The van der Waals surface area contributed by atoms with Gasteiger partial charge in [0.2, 0.25) is 0 Å². The average Bonchev–Trinajstić information content (AvgIpc) is 2.79. The van der Waals surface area contributed by atoms with Crippen LogP contribution in [-0.2, 0) is 0 Å². The van der Waals surface area contributed by atoms with Gasteiger partial charge in [0.25, 0.3) is 5.69 Å². The van der Waals surface area contributed by atoms with Crippen LogP contribution < -0.4 is 5.73 Å². The Morgan fingerprint density at radius 1 is 1.29 bits per heavy atom. The quantitative estimate of drug-likeness (QED) is 0.438. The molecule has 0 fully saturated rings. The lowest BCUT2D eigenvalue weighted by Crippen LogP contribution is -1.92. The zero-order chi connectivity index (χ0) is 15.0. The third-order valence-electron chi connectivity index (χ3n) is 2.95. The maximum Gasteiger partial charge on any atom is 0.272 e. The van der Waals surface area contributed by atoms with Gasteiger partial charge >= 0.3 is 0 Å². The highest BCUT2D eigenvalue weighted by atomic mass is 32.2. The van der Waals surface area contributed by atoms with E-state index in [1.165, 1.54) is 23.9 Å². The highest BCUT2D eigenvalue weighted by Crippen LogP contribution is 2.31. The Bertz CT molecular complexity index is 844. The van der Waals surface area contributed by atoms with E-state index in [-0.39, 0.29) is 5.69 Å². The lowest BCUT2D eigenvalue weighted by molar-refractivity contribution is -0.385. The number of aromatic amines is 1. The smallest absolute Gasteiger partial charge is 0.272 e. The van der Waals surface area contributed by atoms with E-state index in [0.717, 1.165) is 16.6 Å². The Morgan fingerprint density at radius 2 is 2.10 bits per heavy atom. The molecule has 3 N–H and O–H groups in total. The number of H-pyrrole nitrogens is 1. The predicted octanol–water partition coefficient (Wildman–Crippen LogP) is 3.51. The largest absolute Gasteiger partial charge is 0.398 e. The lowest BCUT2D eigenvalue weighted by Gasteiger charge is -2.00. The maximum atomic E-state index is 10.9. The minimum atomic E-state index is -0.456. The van der Waals surface area contributed by atoms with Gasteiger partial charge in [0.05, 0.1) is 16.0 Å². The number of nitrogens with zero attached hydrogens (tertiary/aromatic N) is 2. The third kappa shape index (κ3) is 2.82. The van der Waals surface area contributed by atoms with Crippen LogP contribution in [0.25, 0.3) is 11.0 Å². The van der Waals surface area contributed by atoms with Gasteiger partial charge in [-0.15, -0.1) is 0 Å². The minimum absolute atomic E-state index is 0.0237. The molecule has 1 heterocycles. The third-order valence-corrected chi connectivity index (χ3v) is 3.81. The fourth-order valence-electron chi connectivity index (χ4n) is 2.03. The molecule has 0 unspecified atom stereocenters. The summed E-state index contributed by atoms with van der Waals surface area (Å²) >= 11 is 1.31.